The zero-order valence-corrected chi connectivity index (χ0v) is 10.6. The van der Waals surface area contributed by atoms with Crippen LogP contribution in [0.1, 0.15) is 25.8 Å². The summed E-state index contributed by atoms with van der Waals surface area (Å²) in [6.07, 6.45) is 1.81. The molecular formula is C14H20O3. The van der Waals surface area contributed by atoms with Gasteiger partial charge in [0, 0.05) is 6.42 Å². The minimum absolute atomic E-state index is 0.455. The van der Waals surface area contributed by atoms with Crippen LogP contribution in [0.15, 0.2) is 24.3 Å². The van der Waals surface area contributed by atoms with Gasteiger partial charge in [-0.3, -0.25) is 0 Å². The zero-order chi connectivity index (χ0) is 12.1. The maximum Gasteiger partial charge on any atom is 0.168 e. The van der Waals surface area contributed by atoms with E-state index >= 15 is 0 Å². The van der Waals surface area contributed by atoms with Crippen LogP contribution in [-0.4, -0.2) is 25.6 Å². The Bertz CT molecular complexity index is 339. The molecule has 0 unspecified atom stereocenters. The average Bonchev–Trinajstić information content (AvgIpc) is 2.77. The Balaban J connectivity index is 1.77. The number of ether oxygens (including phenoxy) is 3. The summed E-state index contributed by atoms with van der Waals surface area (Å²) >= 11 is 0. The van der Waals surface area contributed by atoms with Gasteiger partial charge in [-0.15, -0.1) is 0 Å². The topological polar surface area (TPSA) is 27.7 Å². The number of hydrogen-bond donors (Lipinski definition) is 0. The van der Waals surface area contributed by atoms with Gasteiger partial charge < -0.3 is 14.2 Å². The van der Waals surface area contributed by atoms with Crippen molar-refractivity contribution in [2.45, 2.75) is 32.5 Å². The van der Waals surface area contributed by atoms with Gasteiger partial charge in [0.1, 0.15) is 5.75 Å². The van der Waals surface area contributed by atoms with Crippen LogP contribution < -0.4 is 4.74 Å². The lowest BCUT2D eigenvalue weighted by Gasteiger charge is -2.22. The van der Waals surface area contributed by atoms with Gasteiger partial charge in [0.15, 0.2) is 5.79 Å². The molecule has 2 rings (SSSR count). The van der Waals surface area contributed by atoms with Gasteiger partial charge in [-0.1, -0.05) is 19.1 Å². The molecule has 0 N–H and O–H groups in total. The largest absolute Gasteiger partial charge is 0.493 e. The summed E-state index contributed by atoms with van der Waals surface area (Å²) in [4.78, 5) is 0. The summed E-state index contributed by atoms with van der Waals surface area (Å²) in [6.45, 7) is 6.08. The Morgan fingerprint density at radius 2 is 1.82 bits per heavy atom. The molecule has 94 valence electrons. The second kappa shape index (κ2) is 5.52. The molecule has 3 heteroatoms. The fourth-order valence-electron chi connectivity index (χ4n) is 1.88. The Labute approximate surface area is 103 Å². The molecule has 0 aliphatic carbocycles. The molecule has 0 spiro atoms. The highest BCUT2D eigenvalue weighted by molar-refractivity contribution is 5.27. The van der Waals surface area contributed by atoms with Crippen molar-refractivity contribution in [3.8, 4) is 5.75 Å². The third kappa shape index (κ3) is 3.45. The predicted octanol–water partition coefficient (Wildman–Crippen LogP) is 2.78. The lowest BCUT2D eigenvalue weighted by Crippen LogP contribution is -2.27. The maximum absolute atomic E-state index is 5.67. The minimum atomic E-state index is -0.455. The SMILES string of the molecule is CCc1ccc(OCCC2(C)OCCO2)cc1. The molecule has 0 radical (unpaired) electrons. The Hall–Kier alpha value is -1.06. The van der Waals surface area contributed by atoms with Gasteiger partial charge in [0.25, 0.3) is 0 Å². The van der Waals surface area contributed by atoms with Crippen LogP contribution in [0.5, 0.6) is 5.75 Å². The molecule has 0 saturated carbocycles. The molecule has 0 atom stereocenters. The molecule has 0 bridgehead atoms. The summed E-state index contributed by atoms with van der Waals surface area (Å²) in [7, 11) is 0. The van der Waals surface area contributed by atoms with E-state index in [-0.39, 0.29) is 0 Å². The van der Waals surface area contributed by atoms with Gasteiger partial charge in [-0.2, -0.15) is 0 Å². The predicted molar refractivity (Wildman–Crippen MR) is 66.2 cm³/mol. The van der Waals surface area contributed by atoms with E-state index < -0.39 is 5.79 Å². The molecule has 0 amide bonds. The third-order valence-electron chi connectivity index (χ3n) is 3.05. The van der Waals surface area contributed by atoms with E-state index in [0.29, 0.717) is 19.8 Å². The van der Waals surface area contributed by atoms with Crippen molar-refractivity contribution in [2.75, 3.05) is 19.8 Å². The first-order valence-electron chi connectivity index (χ1n) is 6.21. The van der Waals surface area contributed by atoms with Crippen LogP contribution in [0.25, 0.3) is 0 Å². The smallest absolute Gasteiger partial charge is 0.168 e. The second-order valence-corrected chi connectivity index (χ2v) is 4.43. The van der Waals surface area contributed by atoms with Gasteiger partial charge >= 0.3 is 0 Å². The quantitative estimate of drug-likeness (QED) is 0.786. The summed E-state index contributed by atoms with van der Waals surface area (Å²) in [5.41, 5.74) is 1.33. The molecule has 1 aromatic carbocycles. The van der Waals surface area contributed by atoms with Crippen LogP contribution in [-0.2, 0) is 15.9 Å². The van der Waals surface area contributed by atoms with Gasteiger partial charge in [0.2, 0.25) is 0 Å². The Kier molecular flexibility index (Phi) is 4.02. The van der Waals surface area contributed by atoms with Gasteiger partial charge in [-0.05, 0) is 31.0 Å². The first-order valence-corrected chi connectivity index (χ1v) is 6.21. The monoisotopic (exact) mass is 236 g/mol. The molecule has 1 aliphatic rings. The van der Waals surface area contributed by atoms with Gasteiger partial charge in [-0.25, -0.2) is 0 Å². The van der Waals surface area contributed by atoms with E-state index in [2.05, 4.69) is 19.1 Å². The maximum atomic E-state index is 5.67. The number of hydrogen-bond acceptors (Lipinski definition) is 3. The van der Waals surface area contributed by atoms with Crippen molar-refractivity contribution in [3.63, 3.8) is 0 Å². The lowest BCUT2D eigenvalue weighted by atomic mass is 10.2. The van der Waals surface area contributed by atoms with E-state index in [1.165, 1.54) is 5.56 Å². The first kappa shape index (κ1) is 12.4. The third-order valence-corrected chi connectivity index (χ3v) is 3.05. The standard InChI is InChI=1S/C14H20O3/c1-3-12-4-6-13(7-5-12)15-9-8-14(2)16-10-11-17-14/h4-7H,3,8-11H2,1-2H3. The zero-order valence-electron chi connectivity index (χ0n) is 10.6. The number of rotatable bonds is 5. The summed E-state index contributed by atoms with van der Waals surface area (Å²) < 4.78 is 16.7. The summed E-state index contributed by atoms with van der Waals surface area (Å²) in [6, 6.07) is 8.22. The molecule has 17 heavy (non-hydrogen) atoms. The molecule has 3 nitrogen and oxygen atoms in total. The summed E-state index contributed by atoms with van der Waals surface area (Å²) in [5, 5.41) is 0. The van der Waals surface area contributed by atoms with E-state index in [9.17, 15) is 0 Å². The fourth-order valence-corrected chi connectivity index (χ4v) is 1.88. The molecule has 0 aromatic heterocycles. The molecule has 1 aromatic rings. The summed E-state index contributed by atoms with van der Waals surface area (Å²) in [5.74, 6) is 0.451. The van der Waals surface area contributed by atoms with Crippen LogP contribution in [0, 0.1) is 0 Å². The lowest BCUT2D eigenvalue weighted by molar-refractivity contribution is -0.150. The van der Waals surface area contributed by atoms with Crippen molar-refractivity contribution < 1.29 is 14.2 Å². The van der Waals surface area contributed by atoms with Crippen LogP contribution in [0.4, 0.5) is 0 Å². The highest BCUT2D eigenvalue weighted by atomic mass is 16.7. The normalized spacial score (nSPS) is 18.2. The van der Waals surface area contributed by atoms with E-state index in [1.54, 1.807) is 0 Å². The molecule has 1 aliphatic heterocycles. The van der Waals surface area contributed by atoms with E-state index in [1.807, 2.05) is 19.1 Å². The van der Waals surface area contributed by atoms with Crippen molar-refractivity contribution in [1.82, 2.24) is 0 Å². The molecule has 1 heterocycles. The number of benzene rings is 1. The Morgan fingerprint density at radius 3 is 2.41 bits per heavy atom. The fraction of sp³-hybridized carbons (Fsp3) is 0.571. The highest BCUT2D eigenvalue weighted by Gasteiger charge is 2.30. The van der Waals surface area contributed by atoms with Crippen molar-refractivity contribution >= 4 is 0 Å². The first-order chi connectivity index (χ1) is 8.22. The van der Waals surface area contributed by atoms with Crippen molar-refractivity contribution in [2.24, 2.45) is 0 Å². The average molecular weight is 236 g/mol. The molecule has 1 saturated heterocycles. The highest BCUT2D eigenvalue weighted by Crippen LogP contribution is 2.23. The van der Waals surface area contributed by atoms with Crippen molar-refractivity contribution in [1.29, 1.82) is 0 Å². The van der Waals surface area contributed by atoms with Crippen LogP contribution in [0.3, 0.4) is 0 Å². The van der Waals surface area contributed by atoms with Gasteiger partial charge in [0.05, 0.1) is 19.8 Å². The van der Waals surface area contributed by atoms with E-state index in [0.717, 1.165) is 18.6 Å². The number of aryl methyl sites for hydroxylation is 1. The van der Waals surface area contributed by atoms with E-state index in [4.69, 9.17) is 14.2 Å². The minimum Gasteiger partial charge on any atom is -0.493 e. The Morgan fingerprint density at radius 1 is 1.18 bits per heavy atom. The second-order valence-electron chi connectivity index (χ2n) is 4.43. The van der Waals surface area contributed by atoms with Crippen LogP contribution >= 0.6 is 0 Å². The molecule has 1 fully saturated rings. The molecular weight excluding hydrogens is 216 g/mol. The van der Waals surface area contributed by atoms with Crippen LogP contribution in [0.2, 0.25) is 0 Å². The van der Waals surface area contributed by atoms with Crippen molar-refractivity contribution in [3.05, 3.63) is 29.8 Å².